The van der Waals surface area contributed by atoms with Crippen LogP contribution in [0.5, 0.6) is 0 Å². The average molecular weight is 324 g/mol. The summed E-state index contributed by atoms with van der Waals surface area (Å²) in [4.78, 5) is 23.4. The molecular formula is C16H22ClN3O2. The molecule has 1 rings (SSSR count). The van der Waals surface area contributed by atoms with Crippen LogP contribution in [0.1, 0.15) is 40.0 Å². The number of anilines is 1. The van der Waals surface area contributed by atoms with E-state index in [1.165, 1.54) is 0 Å². The van der Waals surface area contributed by atoms with E-state index in [0.717, 1.165) is 12.1 Å². The van der Waals surface area contributed by atoms with Crippen LogP contribution in [0, 0.1) is 5.92 Å². The molecule has 1 aromatic rings. The molecule has 5 nitrogen and oxygen atoms in total. The minimum Gasteiger partial charge on any atom is -0.325 e. The van der Waals surface area contributed by atoms with Gasteiger partial charge in [0.05, 0.1) is 10.7 Å². The highest BCUT2D eigenvalue weighted by atomic mass is 35.5. The van der Waals surface area contributed by atoms with Gasteiger partial charge >= 0.3 is 0 Å². The van der Waals surface area contributed by atoms with Crippen LogP contribution < -0.4 is 10.7 Å². The molecule has 0 aromatic heterocycles. The van der Waals surface area contributed by atoms with Crippen LogP contribution in [-0.4, -0.2) is 17.5 Å². The molecule has 1 aromatic carbocycles. The standard InChI is InChI=1S/C16H22ClN3O2/c1-11(2)10-12(3)19-20-16(22)9-8-15(21)18-14-7-5-4-6-13(14)17/h4-7,11H,8-10H2,1-3H3,(H,18,21)(H,20,22)/b19-12+. The zero-order valence-corrected chi connectivity index (χ0v) is 13.9. The number of nitrogens with zero attached hydrogens (tertiary/aromatic N) is 1. The van der Waals surface area contributed by atoms with Crippen LogP contribution in [0.2, 0.25) is 5.02 Å². The molecule has 0 aliphatic carbocycles. The van der Waals surface area contributed by atoms with Crippen LogP contribution in [-0.2, 0) is 9.59 Å². The Morgan fingerprint density at radius 3 is 2.45 bits per heavy atom. The fourth-order valence-corrected chi connectivity index (χ4v) is 2.04. The Hall–Kier alpha value is -1.88. The second-order valence-corrected chi connectivity index (χ2v) is 5.92. The van der Waals surface area contributed by atoms with Crippen molar-refractivity contribution < 1.29 is 9.59 Å². The number of halogens is 1. The minimum atomic E-state index is -0.280. The monoisotopic (exact) mass is 323 g/mol. The maximum Gasteiger partial charge on any atom is 0.240 e. The third-order valence-corrected chi connectivity index (χ3v) is 3.13. The number of benzene rings is 1. The number of hydrogen-bond acceptors (Lipinski definition) is 3. The van der Waals surface area contributed by atoms with Gasteiger partial charge < -0.3 is 5.32 Å². The first kappa shape index (κ1) is 18.2. The molecule has 2 N–H and O–H groups in total. The van der Waals surface area contributed by atoms with Gasteiger partial charge in [0, 0.05) is 18.6 Å². The molecule has 120 valence electrons. The Bertz CT molecular complexity index is 556. The maximum atomic E-state index is 11.8. The topological polar surface area (TPSA) is 70.6 Å². The SMILES string of the molecule is C/C(CC(C)C)=N\NC(=O)CCC(=O)Nc1ccccc1Cl. The summed E-state index contributed by atoms with van der Waals surface area (Å²) >= 11 is 5.95. The first-order chi connectivity index (χ1) is 10.4. The van der Waals surface area contributed by atoms with Gasteiger partial charge in [-0.25, -0.2) is 5.43 Å². The average Bonchev–Trinajstić information content (AvgIpc) is 2.44. The number of hydrazone groups is 1. The molecule has 0 saturated carbocycles. The van der Waals surface area contributed by atoms with E-state index in [-0.39, 0.29) is 24.7 Å². The number of rotatable bonds is 7. The highest BCUT2D eigenvalue weighted by Crippen LogP contribution is 2.20. The summed E-state index contributed by atoms with van der Waals surface area (Å²) in [7, 11) is 0. The lowest BCUT2D eigenvalue weighted by Crippen LogP contribution is -2.21. The summed E-state index contributed by atoms with van der Waals surface area (Å²) < 4.78 is 0. The molecule has 0 aliphatic rings. The van der Waals surface area contributed by atoms with Gasteiger partial charge in [-0.1, -0.05) is 37.6 Å². The van der Waals surface area contributed by atoms with Crippen molar-refractivity contribution in [3.63, 3.8) is 0 Å². The van der Waals surface area contributed by atoms with Crippen molar-refractivity contribution in [1.82, 2.24) is 5.43 Å². The van der Waals surface area contributed by atoms with E-state index in [2.05, 4.69) is 29.7 Å². The van der Waals surface area contributed by atoms with Crippen molar-refractivity contribution in [2.24, 2.45) is 11.0 Å². The second kappa shape index (κ2) is 9.20. The molecule has 2 amide bonds. The lowest BCUT2D eigenvalue weighted by molar-refractivity contribution is -0.124. The molecule has 0 unspecified atom stereocenters. The Morgan fingerprint density at radius 1 is 1.18 bits per heavy atom. The Kier molecular flexibility index (Phi) is 7.60. The second-order valence-electron chi connectivity index (χ2n) is 5.51. The predicted molar refractivity (Wildman–Crippen MR) is 90.0 cm³/mol. The summed E-state index contributed by atoms with van der Waals surface area (Å²) in [5.41, 5.74) is 3.87. The Labute approximate surface area is 136 Å². The molecule has 0 spiro atoms. The molecule has 0 aliphatic heterocycles. The summed E-state index contributed by atoms with van der Waals surface area (Å²) in [6.07, 6.45) is 0.984. The Balaban J connectivity index is 2.35. The van der Waals surface area contributed by atoms with Gasteiger partial charge in [-0.05, 0) is 31.4 Å². The van der Waals surface area contributed by atoms with Gasteiger partial charge in [0.15, 0.2) is 0 Å². The molecule has 0 saturated heterocycles. The van der Waals surface area contributed by atoms with Crippen LogP contribution in [0.4, 0.5) is 5.69 Å². The number of amides is 2. The van der Waals surface area contributed by atoms with E-state index in [4.69, 9.17) is 11.6 Å². The van der Waals surface area contributed by atoms with Crippen molar-refractivity contribution in [2.45, 2.75) is 40.0 Å². The third-order valence-electron chi connectivity index (χ3n) is 2.80. The van der Waals surface area contributed by atoms with Crippen molar-refractivity contribution in [3.05, 3.63) is 29.3 Å². The third kappa shape index (κ3) is 7.22. The highest BCUT2D eigenvalue weighted by Gasteiger charge is 2.08. The van der Waals surface area contributed by atoms with Gasteiger partial charge in [0.2, 0.25) is 11.8 Å². The molecule has 0 atom stereocenters. The molecule has 0 fully saturated rings. The lowest BCUT2D eigenvalue weighted by Gasteiger charge is -2.07. The summed E-state index contributed by atoms with van der Waals surface area (Å²) in [6.45, 7) is 6.03. The molecule has 6 heteroatoms. The van der Waals surface area contributed by atoms with Crippen LogP contribution in [0.15, 0.2) is 29.4 Å². The van der Waals surface area contributed by atoms with E-state index in [0.29, 0.717) is 16.6 Å². The molecule has 0 bridgehead atoms. The lowest BCUT2D eigenvalue weighted by atomic mass is 10.1. The summed E-state index contributed by atoms with van der Waals surface area (Å²) in [5.74, 6) is -0.0504. The van der Waals surface area contributed by atoms with Gasteiger partial charge in [0.25, 0.3) is 0 Å². The smallest absolute Gasteiger partial charge is 0.240 e. The van der Waals surface area contributed by atoms with E-state index in [1.807, 2.05) is 6.92 Å². The molecular weight excluding hydrogens is 302 g/mol. The molecule has 0 radical (unpaired) electrons. The predicted octanol–water partition coefficient (Wildman–Crippen LogP) is 3.60. The van der Waals surface area contributed by atoms with Gasteiger partial charge in [-0.3, -0.25) is 9.59 Å². The number of nitrogens with one attached hydrogen (secondary N) is 2. The Morgan fingerprint density at radius 2 is 1.82 bits per heavy atom. The first-order valence-electron chi connectivity index (χ1n) is 7.25. The number of carbonyl (C=O) groups is 2. The largest absolute Gasteiger partial charge is 0.325 e. The van der Waals surface area contributed by atoms with Gasteiger partial charge in [0.1, 0.15) is 0 Å². The van der Waals surface area contributed by atoms with Crippen molar-refractivity contribution >= 4 is 34.8 Å². The van der Waals surface area contributed by atoms with E-state index < -0.39 is 0 Å². The van der Waals surface area contributed by atoms with E-state index >= 15 is 0 Å². The van der Waals surface area contributed by atoms with Gasteiger partial charge in [-0.2, -0.15) is 5.10 Å². The summed E-state index contributed by atoms with van der Waals surface area (Å²) in [5, 5.41) is 7.14. The van der Waals surface area contributed by atoms with E-state index in [1.54, 1.807) is 24.3 Å². The van der Waals surface area contributed by atoms with Crippen molar-refractivity contribution in [2.75, 3.05) is 5.32 Å². The number of carbonyl (C=O) groups excluding carboxylic acids is 2. The van der Waals surface area contributed by atoms with Crippen LogP contribution in [0.3, 0.4) is 0 Å². The maximum absolute atomic E-state index is 11.8. The van der Waals surface area contributed by atoms with Gasteiger partial charge in [-0.15, -0.1) is 0 Å². The van der Waals surface area contributed by atoms with Crippen molar-refractivity contribution in [1.29, 1.82) is 0 Å². The zero-order valence-electron chi connectivity index (χ0n) is 13.1. The van der Waals surface area contributed by atoms with Crippen LogP contribution in [0.25, 0.3) is 0 Å². The molecule has 0 heterocycles. The summed E-state index contributed by atoms with van der Waals surface area (Å²) in [6, 6.07) is 6.96. The quantitative estimate of drug-likeness (QED) is 0.594. The first-order valence-corrected chi connectivity index (χ1v) is 7.62. The van der Waals surface area contributed by atoms with E-state index in [9.17, 15) is 9.59 Å². The highest BCUT2D eigenvalue weighted by molar-refractivity contribution is 6.33. The zero-order chi connectivity index (χ0) is 16.5. The fourth-order valence-electron chi connectivity index (χ4n) is 1.85. The number of hydrogen-bond donors (Lipinski definition) is 2. The normalized spacial score (nSPS) is 11.4. The fraction of sp³-hybridized carbons (Fsp3) is 0.438. The van der Waals surface area contributed by atoms with Crippen LogP contribution >= 0.6 is 11.6 Å². The van der Waals surface area contributed by atoms with Crippen molar-refractivity contribution in [3.8, 4) is 0 Å². The number of para-hydroxylation sites is 1. The molecule has 22 heavy (non-hydrogen) atoms. The minimum absolute atomic E-state index is 0.0781.